The number of halogens is 2. The zero-order valence-corrected chi connectivity index (χ0v) is 16.1. The first-order chi connectivity index (χ1) is 11.2. The van der Waals surface area contributed by atoms with Crippen molar-refractivity contribution >= 4 is 29.0 Å². The Bertz CT molecular complexity index is 717. The monoisotopic (exact) mass is 363 g/mol. The topological polar surface area (TPSA) is 20.3 Å². The molecule has 128 valence electrons. The molecule has 0 aliphatic heterocycles. The molecule has 24 heavy (non-hydrogen) atoms. The summed E-state index contributed by atoms with van der Waals surface area (Å²) in [6.07, 6.45) is 0. The quantitative estimate of drug-likeness (QED) is 0.643. The number of Topliss-reactive ketones (excluding diaryl/α,β-unsaturated/α-hetero) is 1. The fraction of sp³-hybridized carbons (Fsp3) is 0.350. The zero-order chi connectivity index (χ0) is 17.9. The van der Waals surface area contributed by atoms with Gasteiger partial charge in [-0.2, -0.15) is 0 Å². The van der Waals surface area contributed by atoms with Gasteiger partial charge in [-0.15, -0.1) is 0 Å². The van der Waals surface area contributed by atoms with Gasteiger partial charge in [0.05, 0.1) is 16.6 Å². The third-order valence-corrected chi connectivity index (χ3v) is 4.67. The molecule has 0 N–H and O–H groups in total. The number of rotatable bonds is 5. The molecule has 2 nitrogen and oxygen atoms in total. The molecule has 2 aromatic rings. The number of ketones is 1. The van der Waals surface area contributed by atoms with Crippen molar-refractivity contribution in [1.82, 2.24) is 4.90 Å². The van der Waals surface area contributed by atoms with Gasteiger partial charge in [-0.3, -0.25) is 9.69 Å². The number of hydrogen-bond donors (Lipinski definition) is 0. The maximum Gasteiger partial charge on any atom is 0.176 e. The van der Waals surface area contributed by atoms with Crippen LogP contribution in [0, 0.1) is 0 Å². The van der Waals surface area contributed by atoms with E-state index in [0.29, 0.717) is 22.2 Å². The minimum Gasteiger partial charge on any atom is -0.295 e. The summed E-state index contributed by atoms with van der Waals surface area (Å²) in [4.78, 5) is 14.3. The number of nitrogens with zero attached hydrogens (tertiary/aromatic N) is 1. The van der Waals surface area contributed by atoms with E-state index in [9.17, 15) is 4.79 Å². The van der Waals surface area contributed by atoms with Gasteiger partial charge in [-0.1, -0.05) is 68.2 Å². The van der Waals surface area contributed by atoms with Crippen molar-refractivity contribution in [3.8, 4) is 0 Å². The molecular weight excluding hydrogens is 341 g/mol. The fourth-order valence-corrected chi connectivity index (χ4v) is 2.78. The molecule has 0 spiro atoms. The van der Waals surface area contributed by atoms with Crippen LogP contribution in [-0.2, 0) is 12.0 Å². The van der Waals surface area contributed by atoms with Crippen LogP contribution in [0.2, 0.25) is 10.0 Å². The molecule has 0 atom stereocenters. The summed E-state index contributed by atoms with van der Waals surface area (Å²) in [5.74, 6) is 0.0300. The first kappa shape index (κ1) is 19.0. The van der Waals surface area contributed by atoms with Crippen molar-refractivity contribution in [3.63, 3.8) is 0 Å². The Morgan fingerprint density at radius 1 is 1.00 bits per heavy atom. The minimum atomic E-state index is 0.0300. The highest BCUT2D eigenvalue weighted by Gasteiger charge is 2.14. The maximum absolute atomic E-state index is 12.4. The fourth-order valence-electron chi connectivity index (χ4n) is 2.48. The van der Waals surface area contributed by atoms with Gasteiger partial charge in [0.15, 0.2) is 5.78 Å². The summed E-state index contributed by atoms with van der Waals surface area (Å²) < 4.78 is 0. The predicted octanol–water partition coefficient (Wildman–Crippen LogP) is 5.61. The lowest BCUT2D eigenvalue weighted by atomic mass is 9.87. The van der Waals surface area contributed by atoms with Crippen molar-refractivity contribution in [2.24, 2.45) is 0 Å². The number of carbonyl (C=O) groups excluding carboxylic acids is 1. The first-order valence-electron chi connectivity index (χ1n) is 7.93. The Morgan fingerprint density at radius 2 is 1.62 bits per heavy atom. The maximum atomic E-state index is 12.4. The van der Waals surface area contributed by atoms with E-state index in [1.54, 1.807) is 18.2 Å². The Balaban J connectivity index is 1.98. The highest BCUT2D eigenvalue weighted by atomic mass is 35.5. The summed E-state index contributed by atoms with van der Waals surface area (Å²) in [6.45, 7) is 7.65. The predicted molar refractivity (Wildman–Crippen MR) is 102 cm³/mol. The van der Waals surface area contributed by atoms with E-state index in [-0.39, 0.29) is 11.2 Å². The van der Waals surface area contributed by atoms with E-state index in [1.165, 1.54) is 11.1 Å². The summed E-state index contributed by atoms with van der Waals surface area (Å²) >= 11 is 11.9. The molecule has 0 saturated heterocycles. The zero-order valence-electron chi connectivity index (χ0n) is 14.6. The molecule has 0 bridgehead atoms. The molecule has 0 unspecified atom stereocenters. The molecule has 0 aliphatic carbocycles. The van der Waals surface area contributed by atoms with Crippen LogP contribution in [0.5, 0.6) is 0 Å². The smallest absolute Gasteiger partial charge is 0.176 e. The van der Waals surface area contributed by atoms with Crippen LogP contribution in [0.15, 0.2) is 42.5 Å². The van der Waals surface area contributed by atoms with Crippen LogP contribution < -0.4 is 0 Å². The van der Waals surface area contributed by atoms with Gasteiger partial charge < -0.3 is 0 Å². The van der Waals surface area contributed by atoms with Crippen LogP contribution in [0.25, 0.3) is 0 Å². The third-order valence-electron chi connectivity index (χ3n) is 3.93. The van der Waals surface area contributed by atoms with Gasteiger partial charge in [0.2, 0.25) is 0 Å². The SMILES string of the molecule is CN(CC(=O)c1ccc(Cl)c(Cl)c1)Cc1ccc(C(C)(C)C)cc1. The van der Waals surface area contributed by atoms with Crippen LogP contribution in [0.1, 0.15) is 42.3 Å². The lowest BCUT2D eigenvalue weighted by molar-refractivity contribution is 0.0943. The van der Waals surface area contributed by atoms with E-state index in [0.717, 1.165) is 6.54 Å². The summed E-state index contributed by atoms with van der Waals surface area (Å²) in [5.41, 5.74) is 3.22. The van der Waals surface area contributed by atoms with Crippen molar-refractivity contribution in [3.05, 3.63) is 69.2 Å². The summed E-state index contributed by atoms with van der Waals surface area (Å²) in [7, 11) is 1.94. The second-order valence-electron chi connectivity index (χ2n) is 7.17. The highest BCUT2D eigenvalue weighted by molar-refractivity contribution is 6.42. The molecule has 2 aromatic carbocycles. The normalized spacial score (nSPS) is 11.8. The Kier molecular flexibility index (Phi) is 6.08. The molecule has 0 amide bonds. The second kappa shape index (κ2) is 7.69. The number of carbonyl (C=O) groups is 1. The molecule has 0 fully saturated rings. The van der Waals surface area contributed by atoms with Crippen LogP contribution in [-0.4, -0.2) is 24.3 Å². The van der Waals surface area contributed by atoms with E-state index >= 15 is 0 Å². The number of likely N-dealkylation sites (N-methyl/N-ethyl adjacent to an activating group) is 1. The van der Waals surface area contributed by atoms with E-state index in [4.69, 9.17) is 23.2 Å². The Hall–Kier alpha value is -1.35. The van der Waals surface area contributed by atoms with E-state index < -0.39 is 0 Å². The first-order valence-corrected chi connectivity index (χ1v) is 8.68. The van der Waals surface area contributed by atoms with Crippen molar-refractivity contribution < 1.29 is 4.79 Å². The third kappa shape index (κ3) is 5.07. The van der Waals surface area contributed by atoms with Gasteiger partial charge in [-0.05, 0) is 41.8 Å². The van der Waals surface area contributed by atoms with Gasteiger partial charge in [0.25, 0.3) is 0 Å². The van der Waals surface area contributed by atoms with Crippen LogP contribution >= 0.6 is 23.2 Å². The average molecular weight is 364 g/mol. The number of hydrogen-bond acceptors (Lipinski definition) is 2. The molecule has 2 rings (SSSR count). The van der Waals surface area contributed by atoms with Gasteiger partial charge in [0, 0.05) is 12.1 Å². The summed E-state index contributed by atoms with van der Waals surface area (Å²) in [5, 5.41) is 0.864. The molecule has 4 heteroatoms. The van der Waals surface area contributed by atoms with Crippen molar-refractivity contribution in [1.29, 1.82) is 0 Å². The van der Waals surface area contributed by atoms with Crippen LogP contribution in [0.4, 0.5) is 0 Å². The lowest BCUT2D eigenvalue weighted by Crippen LogP contribution is -2.25. The highest BCUT2D eigenvalue weighted by Crippen LogP contribution is 2.24. The molecule has 0 aliphatic rings. The average Bonchev–Trinajstić information content (AvgIpc) is 2.49. The molecule has 0 aromatic heterocycles. The molecule has 0 radical (unpaired) electrons. The van der Waals surface area contributed by atoms with E-state index in [1.807, 2.05) is 11.9 Å². The number of benzene rings is 2. The molecule has 0 heterocycles. The van der Waals surface area contributed by atoms with E-state index in [2.05, 4.69) is 45.0 Å². The minimum absolute atomic E-state index is 0.0300. The second-order valence-corrected chi connectivity index (χ2v) is 7.99. The Labute approximate surface area is 154 Å². The van der Waals surface area contributed by atoms with Crippen LogP contribution in [0.3, 0.4) is 0 Å². The molecular formula is C20H23Cl2NO. The lowest BCUT2D eigenvalue weighted by Gasteiger charge is -2.20. The Morgan fingerprint density at radius 3 is 2.17 bits per heavy atom. The largest absolute Gasteiger partial charge is 0.295 e. The standard InChI is InChI=1S/C20H23Cl2NO/c1-20(2,3)16-8-5-14(6-9-16)12-23(4)13-19(24)15-7-10-17(21)18(22)11-15/h5-11H,12-13H2,1-4H3. The van der Waals surface area contributed by atoms with Gasteiger partial charge in [-0.25, -0.2) is 0 Å². The van der Waals surface area contributed by atoms with Crippen molar-refractivity contribution in [2.75, 3.05) is 13.6 Å². The molecule has 0 saturated carbocycles. The summed E-state index contributed by atoms with van der Waals surface area (Å²) in [6, 6.07) is 13.6. The van der Waals surface area contributed by atoms with Gasteiger partial charge in [0.1, 0.15) is 0 Å². The van der Waals surface area contributed by atoms with Crippen molar-refractivity contribution in [2.45, 2.75) is 32.7 Å². The van der Waals surface area contributed by atoms with Gasteiger partial charge >= 0.3 is 0 Å².